The van der Waals surface area contributed by atoms with Crippen LogP contribution in [0.25, 0.3) is 0 Å². The van der Waals surface area contributed by atoms with E-state index in [-0.39, 0.29) is 18.3 Å². The summed E-state index contributed by atoms with van der Waals surface area (Å²) >= 11 is 0. The number of hydrogen-bond acceptors (Lipinski definition) is 3. The van der Waals surface area contributed by atoms with Gasteiger partial charge in [-0.3, -0.25) is 9.59 Å². The van der Waals surface area contributed by atoms with Crippen LogP contribution in [0.5, 0.6) is 0 Å². The summed E-state index contributed by atoms with van der Waals surface area (Å²) in [6, 6.07) is 0.598. The molecular weight excluding hydrogens is 414 g/mol. The lowest BCUT2D eigenvalue weighted by molar-refractivity contribution is -0.151. The molecule has 0 amide bonds. The third-order valence-electron chi connectivity index (χ3n) is 8.61. The van der Waals surface area contributed by atoms with Crippen molar-refractivity contribution in [2.45, 2.75) is 112 Å². The van der Waals surface area contributed by atoms with Gasteiger partial charge in [-0.25, -0.2) is 0 Å². The first-order valence-corrected chi connectivity index (χ1v) is 13.6. The Hall–Kier alpha value is -1.10. The van der Waals surface area contributed by atoms with Crippen LogP contribution in [0, 0.1) is 47.3 Å². The highest BCUT2D eigenvalue weighted by atomic mass is 16.4. The third kappa shape index (κ3) is 10.8. The van der Waals surface area contributed by atoms with E-state index in [1.807, 2.05) is 20.9 Å². The molecule has 1 fully saturated rings. The smallest absolute Gasteiger partial charge is 0.307 e. The molecule has 7 unspecified atom stereocenters. The Labute approximate surface area is 203 Å². The van der Waals surface area contributed by atoms with Crippen LogP contribution < -0.4 is 5.32 Å². The number of carboxylic acids is 2. The van der Waals surface area contributed by atoms with E-state index in [1.165, 1.54) is 44.9 Å². The van der Waals surface area contributed by atoms with Crippen molar-refractivity contribution in [2.24, 2.45) is 47.3 Å². The van der Waals surface area contributed by atoms with Crippen LogP contribution in [-0.2, 0) is 9.59 Å². The van der Waals surface area contributed by atoms with Crippen molar-refractivity contribution in [1.29, 1.82) is 0 Å². The van der Waals surface area contributed by atoms with Crippen LogP contribution in [0.4, 0.5) is 0 Å². The molecule has 5 nitrogen and oxygen atoms in total. The van der Waals surface area contributed by atoms with Gasteiger partial charge in [0.2, 0.25) is 0 Å². The molecule has 1 aliphatic rings. The van der Waals surface area contributed by atoms with Crippen LogP contribution in [-0.4, -0.2) is 35.2 Å². The Bertz CT molecular complexity index is 576. The van der Waals surface area contributed by atoms with Crippen LogP contribution in [0.1, 0.15) is 106 Å². The maximum absolute atomic E-state index is 11.8. The Kier molecular flexibility index (Phi) is 13.6. The van der Waals surface area contributed by atoms with Crippen molar-refractivity contribution in [3.05, 3.63) is 0 Å². The predicted octanol–water partition coefficient (Wildman–Crippen LogP) is 6.71. The van der Waals surface area contributed by atoms with Gasteiger partial charge in [0, 0.05) is 6.04 Å². The molecule has 1 rings (SSSR count). The molecule has 1 saturated carbocycles. The average molecular weight is 468 g/mol. The fourth-order valence-electron chi connectivity index (χ4n) is 6.22. The molecule has 0 aromatic carbocycles. The number of carboxylic acid groups (broad SMARTS) is 2. The van der Waals surface area contributed by atoms with E-state index < -0.39 is 17.9 Å². The first kappa shape index (κ1) is 29.9. The van der Waals surface area contributed by atoms with Crippen molar-refractivity contribution in [3.8, 4) is 0 Å². The number of carbonyl (C=O) groups is 2. The van der Waals surface area contributed by atoms with Gasteiger partial charge in [-0.2, -0.15) is 0 Å². The SMILES string of the molecule is CNC(C)CCC(C)CCC1CCC(C(CCC(C(C)C)C(CC(=O)O)C(=O)O)C(C)C)C1. The van der Waals surface area contributed by atoms with Gasteiger partial charge >= 0.3 is 11.9 Å². The van der Waals surface area contributed by atoms with Gasteiger partial charge in [-0.15, -0.1) is 0 Å². The fourth-order valence-corrected chi connectivity index (χ4v) is 6.22. The maximum atomic E-state index is 11.8. The summed E-state index contributed by atoms with van der Waals surface area (Å²) in [6.07, 6.45) is 10.7. The summed E-state index contributed by atoms with van der Waals surface area (Å²) in [5.41, 5.74) is 0. The molecule has 0 aliphatic heterocycles. The largest absolute Gasteiger partial charge is 0.481 e. The van der Waals surface area contributed by atoms with E-state index >= 15 is 0 Å². The lowest BCUT2D eigenvalue weighted by Gasteiger charge is -2.32. The summed E-state index contributed by atoms with van der Waals surface area (Å²) in [7, 11) is 2.04. The Morgan fingerprint density at radius 3 is 2.06 bits per heavy atom. The van der Waals surface area contributed by atoms with E-state index in [0.717, 1.165) is 30.6 Å². The van der Waals surface area contributed by atoms with E-state index in [1.54, 1.807) is 0 Å². The van der Waals surface area contributed by atoms with E-state index in [0.29, 0.717) is 17.9 Å². The lowest BCUT2D eigenvalue weighted by atomic mass is 9.73. The summed E-state index contributed by atoms with van der Waals surface area (Å²) in [6.45, 7) is 13.3. The fraction of sp³-hybridized carbons (Fsp3) is 0.929. The predicted molar refractivity (Wildman–Crippen MR) is 136 cm³/mol. The topological polar surface area (TPSA) is 86.6 Å². The highest BCUT2D eigenvalue weighted by Gasteiger charge is 2.36. The average Bonchev–Trinajstić information content (AvgIpc) is 3.19. The molecule has 0 bridgehead atoms. The first-order chi connectivity index (χ1) is 15.5. The molecule has 0 heterocycles. The molecule has 3 N–H and O–H groups in total. The number of hydrogen-bond donors (Lipinski definition) is 3. The number of rotatable bonds is 17. The Balaban J connectivity index is 2.63. The van der Waals surface area contributed by atoms with Gasteiger partial charge in [0.05, 0.1) is 12.3 Å². The molecule has 0 radical (unpaired) electrons. The highest BCUT2D eigenvalue weighted by Crippen LogP contribution is 2.44. The molecule has 0 aromatic heterocycles. The zero-order valence-corrected chi connectivity index (χ0v) is 22.5. The van der Waals surface area contributed by atoms with E-state index in [9.17, 15) is 19.8 Å². The number of nitrogens with one attached hydrogen (secondary N) is 1. The first-order valence-electron chi connectivity index (χ1n) is 13.6. The molecule has 33 heavy (non-hydrogen) atoms. The normalized spacial score (nSPS) is 23.4. The second-order valence-electron chi connectivity index (χ2n) is 11.8. The molecular formula is C28H53NO4. The van der Waals surface area contributed by atoms with Crippen molar-refractivity contribution in [2.75, 3.05) is 7.05 Å². The van der Waals surface area contributed by atoms with Crippen LogP contribution in [0.2, 0.25) is 0 Å². The van der Waals surface area contributed by atoms with Crippen LogP contribution >= 0.6 is 0 Å². The quantitative estimate of drug-likeness (QED) is 0.221. The molecule has 0 aromatic rings. The highest BCUT2D eigenvalue weighted by molar-refractivity contribution is 5.78. The standard InChI is InChI=1S/C28H53NO4/c1-18(2)24(14-15-25(19(3)4)26(28(32)33)17-27(30)31)23-13-12-22(16-23)11-9-20(5)8-10-21(6)29-7/h18-26,29H,8-17H2,1-7H3,(H,30,31)(H,32,33). The van der Waals surface area contributed by atoms with Crippen LogP contribution in [0.3, 0.4) is 0 Å². The van der Waals surface area contributed by atoms with Crippen molar-refractivity contribution in [1.82, 2.24) is 5.32 Å². The minimum Gasteiger partial charge on any atom is -0.481 e. The van der Waals surface area contributed by atoms with E-state index in [2.05, 4.69) is 33.0 Å². The third-order valence-corrected chi connectivity index (χ3v) is 8.61. The number of aliphatic carboxylic acids is 2. The molecule has 0 spiro atoms. The monoisotopic (exact) mass is 467 g/mol. The maximum Gasteiger partial charge on any atom is 0.307 e. The second-order valence-corrected chi connectivity index (χ2v) is 11.8. The molecule has 1 aliphatic carbocycles. The minimum atomic E-state index is -1.01. The summed E-state index contributed by atoms with van der Waals surface area (Å²) in [5.74, 6) is 0.840. The van der Waals surface area contributed by atoms with Crippen LogP contribution in [0.15, 0.2) is 0 Å². The van der Waals surface area contributed by atoms with Gasteiger partial charge in [0.1, 0.15) is 0 Å². The summed E-state index contributed by atoms with van der Waals surface area (Å²) < 4.78 is 0. The molecule has 0 saturated heterocycles. The summed E-state index contributed by atoms with van der Waals surface area (Å²) in [4.78, 5) is 23.1. The Morgan fingerprint density at radius 2 is 1.55 bits per heavy atom. The molecule has 194 valence electrons. The van der Waals surface area contributed by atoms with E-state index in [4.69, 9.17) is 0 Å². The minimum absolute atomic E-state index is 0.0853. The molecule has 7 atom stereocenters. The van der Waals surface area contributed by atoms with Gasteiger partial charge < -0.3 is 15.5 Å². The van der Waals surface area contributed by atoms with Gasteiger partial charge in [-0.1, -0.05) is 53.9 Å². The summed E-state index contributed by atoms with van der Waals surface area (Å²) in [5, 5.41) is 22.2. The zero-order chi connectivity index (χ0) is 25.1. The zero-order valence-electron chi connectivity index (χ0n) is 22.5. The van der Waals surface area contributed by atoms with Gasteiger partial charge in [-0.05, 0) is 93.9 Å². The molecule has 5 heteroatoms. The Morgan fingerprint density at radius 1 is 0.879 bits per heavy atom. The van der Waals surface area contributed by atoms with Gasteiger partial charge in [0.15, 0.2) is 0 Å². The second kappa shape index (κ2) is 15.0. The lowest BCUT2D eigenvalue weighted by Crippen LogP contribution is -2.31. The van der Waals surface area contributed by atoms with Crippen molar-refractivity contribution in [3.63, 3.8) is 0 Å². The van der Waals surface area contributed by atoms with Gasteiger partial charge in [0.25, 0.3) is 0 Å². The van der Waals surface area contributed by atoms with Crippen molar-refractivity contribution >= 4 is 11.9 Å². The van der Waals surface area contributed by atoms with Crippen molar-refractivity contribution < 1.29 is 19.8 Å².